The number of pyridine rings is 2. The summed E-state index contributed by atoms with van der Waals surface area (Å²) in [5, 5.41) is 10.4. The Hall–Kier alpha value is -7.90. The van der Waals surface area contributed by atoms with Crippen molar-refractivity contribution in [3.63, 3.8) is 0 Å². The van der Waals surface area contributed by atoms with Crippen molar-refractivity contribution in [2.24, 2.45) is 0 Å². The number of thiophene rings is 2. The van der Waals surface area contributed by atoms with E-state index in [0.717, 1.165) is 45.0 Å². The van der Waals surface area contributed by atoms with Gasteiger partial charge < -0.3 is 9.13 Å². The SMILES string of the molecule is c1cc(-c2ccnc(-c3cc(-c4cccc(-n5c6ccccc6c6c7sc8ccccc8c7ccc65)c4)ccn3)c2)cc(-n2c3ccccc3c3c4sc5ccccc5c4ccc32)c1. The molecule has 0 aliphatic rings. The standard InChI is InChI=1S/C58H34N4S2/c1-5-19-49-45(17-1)55-51(25-23-43-41-15-3-7-21-53(41)63-57(43)55)61(49)39-13-9-11-35(31-39)37-27-29-59-47(33-37)48-34-38(28-30-60-48)36-12-10-14-40(32-36)62-50-20-6-2-18-46(50)56-52(62)26-24-44-42-16-4-8-22-54(42)64-58(44)56/h1-34H. The Labute approximate surface area is 375 Å². The third kappa shape index (κ3) is 5.27. The van der Waals surface area contributed by atoms with Crippen molar-refractivity contribution >= 4 is 107 Å². The van der Waals surface area contributed by atoms with E-state index in [9.17, 15) is 0 Å². The first-order chi connectivity index (χ1) is 31.7. The average Bonchev–Trinajstić information content (AvgIpc) is 4.12. The minimum atomic E-state index is 0.833. The van der Waals surface area contributed by atoms with Crippen molar-refractivity contribution in [1.29, 1.82) is 0 Å². The predicted octanol–water partition coefficient (Wildman–Crippen LogP) is 16.4. The van der Waals surface area contributed by atoms with Gasteiger partial charge in [0.2, 0.25) is 0 Å². The maximum Gasteiger partial charge on any atom is 0.0892 e. The zero-order chi connectivity index (χ0) is 41.9. The van der Waals surface area contributed by atoms with Gasteiger partial charge in [0.05, 0.1) is 33.5 Å². The quantitative estimate of drug-likeness (QED) is 0.173. The molecule has 0 aliphatic heterocycles. The molecule has 14 rings (SSSR count). The Morgan fingerprint density at radius 1 is 0.312 bits per heavy atom. The Morgan fingerprint density at radius 2 is 0.734 bits per heavy atom. The Morgan fingerprint density at radius 3 is 1.22 bits per heavy atom. The van der Waals surface area contributed by atoms with E-state index < -0.39 is 0 Å². The van der Waals surface area contributed by atoms with Crippen molar-refractivity contribution in [2.75, 3.05) is 0 Å². The van der Waals surface area contributed by atoms with Gasteiger partial charge in [0.15, 0.2) is 0 Å². The summed E-state index contributed by atoms with van der Waals surface area (Å²) in [4.78, 5) is 9.74. The molecular formula is C58H34N4S2. The molecule has 0 saturated heterocycles. The summed E-state index contributed by atoms with van der Waals surface area (Å²) < 4.78 is 10.2. The van der Waals surface area contributed by atoms with Crippen LogP contribution in [0.5, 0.6) is 0 Å². The lowest BCUT2D eigenvalue weighted by Gasteiger charge is -2.12. The number of hydrogen-bond acceptors (Lipinski definition) is 4. The van der Waals surface area contributed by atoms with E-state index in [1.165, 1.54) is 84.0 Å². The van der Waals surface area contributed by atoms with Crippen molar-refractivity contribution in [2.45, 2.75) is 0 Å². The Balaban J connectivity index is 0.843. The molecular weight excluding hydrogens is 817 g/mol. The van der Waals surface area contributed by atoms with E-state index in [4.69, 9.17) is 9.97 Å². The fraction of sp³-hybridized carbons (Fsp3) is 0. The summed E-state index contributed by atoms with van der Waals surface area (Å²) in [5.74, 6) is 0. The molecule has 4 nitrogen and oxygen atoms in total. The van der Waals surface area contributed by atoms with Gasteiger partial charge in [-0.15, -0.1) is 22.7 Å². The molecule has 6 heterocycles. The highest BCUT2D eigenvalue weighted by Gasteiger charge is 2.20. The fourth-order valence-corrected chi connectivity index (χ4v) is 12.7. The molecule has 0 amide bonds. The molecule has 0 spiro atoms. The van der Waals surface area contributed by atoms with Gasteiger partial charge in [0.25, 0.3) is 0 Å². The van der Waals surface area contributed by atoms with Crippen LogP contribution in [0.4, 0.5) is 0 Å². The molecule has 64 heavy (non-hydrogen) atoms. The number of rotatable bonds is 5. The average molecular weight is 851 g/mol. The van der Waals surface area contributed by atoms with Gasteiger partial charge in [-0.3, -0.25) is 9.97 Å². The number of para-hydroxylation sites is 2. The van der Waals surface area contributed by atoms with Crippen LogP contribution in [0, 0.1) is 0 Å². The van der Waals surface area contributed by atoms with Crippen LogP contribution in [0.1, 0.15) is 0 Å². The number of fused-ring (bicyclic) bond motifs is 14. The summed E-state index contributed by atoms with van der Waals surface area (Å²) in [6.45, 7) is 0. The Bertz CT molecular complexity index is 3950. The second-order valence-corrected chi connectivity index (χ2v) is 18.6. The van der Waals surface area contributed by atoms with Gasteiger partial charge in [0, 0.05) is 85.7 Å². The molecule has 298 valence electrons. The highest BCUT2D eigenvalue weighted by molar-refractivity contribution is 7.27. The summed E-state index contributed by atoms with van der Waals surface area (Å²) in [7, 11) is 0. The van der Waals surface area contributed by atoms with Crippen LogP contribution in [0.15, 0.2) is 207 Å². The second-order valence-electron chi connectivity index (χ2n) is 16.5. The number of hydrogen-bond donors (Lipinski definition) is 0. The van der Waals surface area contributed by atoms with E-state index in [1.807, 2.05) is 35.1 Å². The van der Waals surface area contributed by atoms with E-state index >= 15 is 0 Å². The molecule has 0 bridgehead atoms. The third-order valence-corrected chi connectivity index (χ3v) is 15.4. The predicted molar refractivity (Wildman–Crippen MR) is 273 cm³/mol. The summed E-state index contributed by atoms with van der Waals surface area (Å²) in [6, 6.07) is 70.6. The summed E-state index contributed by atoms with van der Waals surface area (Å²) >= 11 is 3.78. The second kappa shape index (κ2) is 13.8. The van der Waals surface area contributed by atoms with Crippen molar-refractivity contribution in [3.05, 3.63) is 207 Å². The molecule has 0 fully saturated rings. The van der Waals surface area contributed by atoms with Crippen LogP contribution in [0.2, 0.25) is 0 Å². The topological polar surface area (TPSA) is 35.6 Å². The lowest BCUT2D eigenvalue weighted by atomic mass is 10.0. The smallest absolute Gasteiger partial charge is 0.0892 e. The molecule has 0 saturated carbocycles. The fourth-order valence-electron chi connectivity index (χ4n) is 10.2. The lowest BCUT2D eigenvalue weighted by Crippen LogP contribution is -1.95. The first kappa shape index (κ1) is 35.7. The Kier molecular flexibility index (Phi) is 7.69. The number of aromatic nitrogens is 4. The molecule has 6 heteroatoms. The van der Waals surface area contributed by atoms with Gasteiger partial charge in [-0.2, -0.15) is 0 Å². The molecule has 6 aromatic heterocycles. The van der Waals surface area contributed by atoms with Crippen LogP contribution < -0.4 is 0 Å². The highest BCUT2D eigenvalue weighted by atomic mass is 32.1. The molecule has 0 aliphatic carbocycles. The van der Waals surface area contributed by atoms with Crippen LogP contribution in [0.25, 0.3) is 129 Å². The van der Waals surface area contributed by atoms with Crippen molar-refractivity contribution in [1.82, 2.24) is 19.1 Å². The monoisotopic (exact) mass is 850 g/mol. The highest BCUT2D eigenvalue weighted by Crippen LogP contribution is 2.45. The normalized spacial score (nSPS) is 12.1. The maximum atomic E-state index is 4.87. The molecule has 8 aromatic carbocycles. The number of benzene rings is 8. The lowest BCUT2D eigenvalue weighted by molar-refractivity contribution is 1.18. The summed E-state index contributed by atoms with van der Waals surface area (Å²) in [5.41, 5.74) is 13.2. The van der Waals surface area contributed by atoms with Crippen molar-refractivity contribution in [3.8, 4) is 45.0 Å². The van der Waals surface area contributed by atoms with E-state index in [0.29, 0.717) is 0 Å². The number of nitrogens with zero attached hydrogens (tertiary/aromatic N) is 4. The van der Waals surface area contributed by atoms with Gasteiger partial charge in [0.1, 0.15) is 0 Å². The van der Waals surface area contributed by atoms with Gasteiger partial charge >= 0.3 is 0 Å². The maximum absolute atomic E-state index is 4.87. The van der Waals surface area contributed by atoms with Crippen LogP contribution in [0.3, 0.4) is 0 Å². The molecule has 0 unspecified atom stereocenters. The first-order valence-electron chi connectivity index (χ1n) is 21.5. The minimum absolute atomic E-state index is 0.833. The third-order valence-electron chi connectivity index (χ3n) is 13.0. The van der Waals surface area contributed by atoms with E-state index in [2.05, 4.69) is 203 Å². The van der Waals surface area contributed by atoms with E-state index in [-0.39, 0.29) is 0 Å². The molecule has 0 atom stereocenters. The van der Waals surface area contributed by atoms with Gasteiger partial charge in [-0.05, 0) is 107 Å². The largest absolute Gasteiger partial charge is 0.309 e. The van der Waals surface area contributed by atoms with Gasteiger partial charge in [-0.25, -0.2) is 0 Å². The van der Waals surface area contributed by atoms with Crippen molar-refractivity contribution < 1.29 is 0 Å². The van der Waals surface area contributed by atoms with Crippen LogP contribution in [-0.4, -0.2) is 19.1 Å². The zero-order valence-corrected chi connectivity index (χ0v) is 35.9. The zero-order valence-electron chi connectivity index (χ0n) is 34.2. The van der Waals surface area contributed by atoms with Crippen LogP contribution >= 0.6 is 22.7 Å². The molecule has 0 radical (unpaired) electrons. The van der Waals surface area contributed by atoms with E-state index in [1.54, 1.807) is 0 Å². The van der Waals surface area contributed by atoms with Gasteiger partial charge in [-0.1, -0.05) is 109 Å². The molecule has 0 N–H and O–H groups in total. The minimum Gasteiger partial charge on any atom is -0.309 e. The summed E-state index contributed by atoms with van der Waals surface area (Å²) in [6.07, 6.45) is 3.81. The molecule has 14 aromatic rings. The van der Waals surface area contributed by atoms with Crippen LogP contribution in [-0.2, 0) is 0 Å². The first-order valence-corrected chi connectivity index (χ1v) is 23.2.